The number of hydrogen-bond donors (Lipinski definition) is 10. The highest BCUT2D eigenvalue weighted by atomic mass is 79.9. The van der Waals surface area contributed by atoms with Crippen LogP contribution < -0.4 is 39.9 Å². The average Bonchev–Trinajstić information content (AvgIpc) is 0.828. The first-order valence-corrected chi connectivity index (χ1v) is 28.1. The van der Waals surface area contributed by atoms with Gasteiger partial charge in [-0.3, -0.25) is 25.2 Å². The Hall–Kier alpha value is -11.7. The first-order chi connectivity index (χ1) is 45.0. The fourth-order valence-corrected chi connectivity index (χ4v) is 8.66. The summed E-state index contributed by atoms with van der Waals surface area (Å²) in [6, 6.07) is 23.9. The normalized spacial score (nSPS) is 10.5. The van der Waals surface area contributed by atoms with Crippen LogP contribution in [0.15, 0.2) is 126 Å². The highest BCUT2D eigenvalue weighted by molar-refractivity contribution is 9.10. The Labute approximate surface area is 555 Å². The summed E-state index contributed by atoms with van der Waals surface area (Å²) >= 11 is 3.17. The number of aromatic nitrogens is 4. The zero-order chi connectivity index (χ0) is 72.3. The van der Waals surface area contributed by atoms with Crippen LogP contribution in [0.5, 0.6) is 0 Å². The number of nitrogens with two attached hydrogens (primary N) is 6. The number of pyridine rings is 4. The van der Waals surface area contributed by atoms with Crippen LogP contribution in [0.1, 0.15) is 101 Å². The summed E-state index contributed by atoms with van der Waals surface area (Å²) in [5.41, 5.74) is 38.6. The van der Waals surface area contributed by atoms with Crippen LogP contribution in [0.3, 0.4) is 0 Å². The third kappa shape index (κ3) is 20.1. The molecule has 96 heavy (non-hydrogen) atoms. The van der Waals surface area contributed by atoms with Crippen molar-refractivity contribution in [1.29, 1.82) is 0 Å². The Kier molecular flexibility index (Phi) is 27.0. The Morgan fingerprint density at radius 3 is 1.14 bits per heavy atom. The third-order valence-electron chi connectivity index (χ3n) is 13.0. The molecule has 0 amide bonds. The van der Waals surface area contributed by atoms with Gasteiger partial charge in [-0.2, -0.15) is 0 Å². The van der Waals surface area contributed by atoms with Crippen LogP contribution in [0.2, 0.25) is 0 Å². The second-order valence-electron chi connectivity index (χ2n) is 20.6. The maximum atomic E-state index is 11.6. The number of carbonyl (C=O) groups is 6. The molecule has 0 radical (unpaired) electrons. The molecular weight excluding hydrogens is 1320 g/mol. The molecule has 4 aromatic heterocycles. The van der Waals surface area contributed by atoms with E-state index < -0.39 is 75.4 Å². The lowest BCUT2D eigenvalue weighted by molar-refractivity contribution is -0.385. The van der Waals surface area contributed by atoms with Gasteiger partial charge in [-0.05, 0) is 120 Å². The molecule has 0 fully saturated rings. The number of aliphatic hydroxyl groups is 2. The summed E-state index contributed by atoms with van der Waals surface area (Å²) in [6.45, 7) is 6.66. The first-order valence-electron chi connectivity index (χ1n) is 27.3. The zero-order valence-electron chi connectivity index (χ0n) is 53.0. The number of nitro benzene ring substituents is 2. The van der Waals surface area contributed by atoms with E-state index in [1.807, 2.05) is 6.07 Å². The van der Waals surface area contributed by atoms with E-state index in [1.54, 1.807) is 82.4 Å². The molecule has 0 saturated carbocycles. The quantitative estimate of drug-likeness (QED) is 0.0150. The molecule has 34 heteroatoms. The minimum absolute atomic E-state index is 0.0467. The lowest BCUT2D eigenvalue weighted by Crippen LogP contribution is -2.30. The second kappa shape index (κ2) is 33.7. The van der Waals surface area contributed by atoms with Crippen molar-refractivity contribution in [2.75, 3.05) is 77.1 Å². The van der Waals surface area contributed by atoms with Crippen molar-refractivity contribution in [3.8, 4) is 33.4 Å². The number of carbonyl (C=O) groups excluding carboxylic acids is 6. The van der Waals surface area contributed by atoms with Gasteiger partial charge >= 0.3 is 42.9 Å². The number of esters is 6. The summed E-state index contributed by atoms with van der Waals surface area (Å²) in [5, 5.41) is 59.6. The summed E-state index contributed by atoms with van der Waals surface area (Å²) in [6.07, 6.45) is 5.96. The molecule has 32 nitrogen and oxygen atoms in total. The number of benzene rings is 4. The van der Waals surface area contributed by atoms with Crippen molar-refractivity contribution >= 4 is 110 Å². The molecule has 0 aliphatic carbocycles. The van der Waals surface area contributed by atoms with Gasteiger partial charge in [0.15, 0.2) is 17.1 Å². The second-order valence-corrected chi connectivity index (χ2v) is 21.6. The van der Waals surface area contributed by atoms with E-state index in [-0.39, 0.29) is 56.3 Å². The Morgan fingerprint density at radius 2 is 0.771 bits per heavy atom. The molecule has 4 heterocycles. The molecule has 4 aromatic carbocycles. The lowest BCUT2D eigenvalue weighted by Gasteiger charge is -2.21. The molecule has 0 saturated heterocycles. The number of rotatable bonds is 14. The zero-order valence-corrected chi connectivity index (χ0v) is 54.6. The minimum atomic E-state index is -1.83. The van der Waals surface area contributed by atoms with Crippen LogP contribution >= 0.6 is 15.9 Å². The number of nitrogens with zero attached hydrogens (tertiary/aromatic N) is 6. The van der Waals surface area contributed by atoms with E-state index in [9.17, 15) is 59.2 Å². The third-order valence-corrected chi connectivity index (χ3v) is 13.5. The van der Waals surface area contributed by atoms with Crippen molar-refractivity contribution in [3.05, 3.63) is 192 Å². The van der Waals surface area contributed by atoms with Crippen LogP contribution in [0.4, 0.5) is 45.5 Å². The predicted molar refractivity (Wildman–Crippen MR) is 356 cm³/mol. The van der Waals surface area contributed by atoms with Crippen LogP contribution in [-0.2, 0) is 39.6 Å². The van der Waals surface area contributed by atoms with Gasteiger partial charge in [-0.1, -0.05) is 30.3 Å². The van der Waals surface area contributed by atoms with Gasteiger partial charge < -0.3 is 83.1 Å². The molecule has 504 valence electrons. The number of nitro groups is 2. The summed E-state index contributed by atoms with van der Waals surface area (Å²) in [5.74, 6) is -4.00. The van der Waals surface area contributed by atoms with Crippen molar-refractivity contribution in [2.24, 2.45) is 0 Å². The van der Waals surface area contributed by atoms with E-state index in [4.69, 9.17) is 44.5 Å². The number of ether oxygens (including phenoxy) is 6. The number of methoxy groups -OCH3 is 6. The smallest absolute Gasteiger partial charge is 0.465 e. The van der Waals surface area contributed by atoms with Gasteiger partial charge in [0, 0.05) is 75.0 Å². The number of nitrogen functional groups attached to an aromatic ring is 6. The monoisotopic (exact) mass is 1390 g/mol. The number of hydrogen-bond acceptors (Lipinski definition) is 30. The summed E-state index contributed by atoms with van der Waals surface area (Å²) in [4.78, 5) is 104. The SMILES string of the molecule is CC(C)(O)c1ccc(-c2cnc(C(C)(C)O)c(N)c2)cc1N.COC(=O)c1ccc(-c2cnc(C(=O)OC)c(N)c2)cc1N.COC(=O)c1ccc(-c2cnc(C(=O)OC)c(N)c2)cc1[N+](=O)[O-].COC(=O)c1ccc(B(O)O)cc1[N+](=O)[O-].COC(=O)c1ncc(Br)cc1N. The van der Waals surface area contributed by atoms with Gasteiger partial charge in [-0.15, -0.1) is 0 Å². The molecular formula is C62H66BBrN12O20. The topological polar surface area (TPSA) is 533 Å². The fraction of sp³-hybridized carbons (Fsp3) is 0.194. The van der Waals surface area contributed by atoms with E-state index in [0.717, 1.165) is 42.0 Å². The maximum absolute atomic E-state index is 11.6. The largest absolute Gasteiger partial charge is 0.488 e. The maximum Gasteiger partial charge on any atom is 0.488 e. The van der Waals surface area contributed by atoms with Crippen molar-refractivity contribution in [2.45, 2.75) is 38.9 Å². The minimum Gasteiger partial charge on any atom is -0.465 e. The molecule has 0 bridgehead atoms. The van der Waals surface area contributed by atoms with Gasteiger partial charge in [0.1, 0.15) is 16.7 Å². The van der Waals surface area contributed by atoms with Crippen LogP contribution in [-0.4, -0.2) is 136 Å². The molecule has 8 aromatic rings. The van der Waals surface area contributed by atoms with Crippen molar-refractivity contribution < 1.29 is 87.3 Å². The van der Waals surface area contributed by atoms with Crippen LogP contribution in [0.25, 0.3) is 33.4 Å². The molecule has 0 aliphatic rings. The Balaban J connectivity index is 0.000000260. The van der Waals surface area contributed by atoms with E-state index >= 15 is 0 Å². The molecule has 0 unspecified atom stereocenters. The number of halogens is 1. The summed E-state index contributed by atoms with van der Waals surface area (Å²) in [7, 11) is 5.43. The lowest BCUT2D eigenvalue weighted by atomic mass is 9.79. The fourth-order valence-electron chi connectivity index (χ4n) is 8.31. The van der Waals surface area contributed by atoms with Gasteiger partial charge in [0.2, 0.25) is 0 Å². The average molecular weight is 1390 g/mol. The standard InChI is InChI=1S/C17H23N3O2.C15H13N3O6.C15H15N3O4.C8H8BNO6.C7H7BrN2O2/c1-16(2,21)12-6-5-10(7-13(12)18)11-8-14(19)15(20-9-11)17(3,4)22;1-23-14(19)10-4-3-8(6-12(10)18(21)22)9-5-11(16)13(17-7-9)15(20)24-2;1-21-14(19)10-4-3-8(5-11(10)16)9-6-12(17)13(18-7-9)15(20)22-2;1-16-8(11)6-3-2-5(9(12)13)4-7(6)10(14)15;1-12-7(11)6-5(9)2-4(8)3-10-6/h5-9,21-22H,18-19H2,1-4H3;3-7H,16H2,1-2H3;3-7H,16-17H2,1-2H3;2-4,12-13H,1H3;2-3H,9H2,1H3. The Bertz CT molecular complexity index is 4120. The van der Waals surface area contributed by atoms with Gasteiger partial charge in [0.25, 0.3) is 11.4 Å². The van der Waals surface area contributed by atoms with Crippen LogP contribution in [0, 0.1) is 20.2 Å². The molecule has 8 rings (SSSR count). The molecule has 0 spiro atoms. The Morgan fingerprint density at radius 1 is 0.427 bits per heavy atom. The summed E-state index contributed by atoms with van der Waals surface area (Å²) < 4.78 is 27.8. The van der Waals surface area contributed by atoms with Crippen molar-refractivity contribution in [1.82, 2.24) is 19.9 Å². The molecule has 0 atom stereocenters. The molecule has 0 aliphatic heterocycles. The highest BCUT2D eigenvalue weighted by Crippen LogP contribution is 2.34. The van der Waals surface area contributed by atoms with Gasteiger partial charge in [-0.25, -0.2) is 43.7 Å². The number of anilines is 6. The van der Waals surface area contributed by atoms with Gasteiger partial charge in [0.05, 0.1) is 92.1 Å². The molecule has 16 N–H and O–H groups in total. The predicted octanol–water partition coefficient (Wildman–Crippen LogP) is 5.94. The van der Waals surface area contributed by atoms with E-state index in [1.165, 1.54) is 77.4 Å². The first kappa shape index (κ1) is 76.7. The van der Waals surface area contributed by atoms with E-state index in [2.05, 4.69) is 64.3 Å². The highest BCUT2D eigenvalue weighted by Gasteiger charge is 2.27. The van der Waals surface area contributed by atoms with Crippen molar-refractivity contribution in [3.63, 3.8) is 0 Å². The van der Waals surface area contributed by atoms with E-state index in [0.29, 0.717) is 50.6 Å².